The van der Waals surface area contributed by atoms with Gasteiger partial charge in [-0.3, -0.25) is 0 Å². The molecule has 0 aliphatic heterocycles. The Morgan fingerprint density at radius 1 is 1.12 bits per heavy atom. The van der Waals surface area contributed by atoms with Crippen molar-refractivity contribution in [2.75, 3.05) is 11.9 Å². The number of hydrogen-bond donors (Lipinski definition) is 3. The third kappa shape index (κ3) is 5.43. The SMILES string of the molecule is CC(C)CCOc1ncc(-c2cnc3ccc(NC4CCC(NC(=O)O)CC4)nn23)cn1. The number of imidazole rings is 1. The molecule has 3 N–H and O–H groups in total. The number of hydrogen-bond acceptors (Lipinski definition) is 7. The molecule has 1 aliphatic rings. The number of amides is 1. The Morgan fingerprint density at radius 3 is 2.53 bits per heavy atom. The lowest BCUT2D eigenvalue weighted by Gasteiger charge is -2.29. The average Bonchev–Trinajstić information content (AvgIpc) is 3.18. The molecule has 10 heteroatoms. The third-order valence-corrected chi connectivity index (χ3v) is 5.62. The van der Waals surface area contributed by atoms with Crippen LogP contribution in [0.4, 0.5) is 10.6 Å². The number of aromatic nitrogens is 5. The molecule has 4 rings (SSSR count). The van der Waals surface area contributed by atoms with E-state index in [1.54, 1.807) is 23.1 Å². The van der Waals surface area contributed by atoms with Gasteiger partial charge >= 0.3 is 12.1 Å². The average molecular weight is 440 g/mol. The largest absolute Gasteiger partial charge is 0.465 e. The van der Waals surface area contributed by atoms with Crippen molar-refractivity contribution in [3.05, 3.63) is 30.7 Å². The summed E-state index contributed by atoms with van der Waals surface area (Å²) in [6.07, 6.45) is 8.58. The number of nitrogens with zero attached hydrogens (tertiary/aromatic N) is 5. The van der Waals surface area contributed by atoms with E-state index in [0.717, 1.165) is 54.8 Å². The fourth-order valence-electron chi connectivity index (χ4n) is 3.82. The van der Waals surface area contributed by atoms with Crippen LogP contribution < -0.4 is 15.4 Å². The fourth-order valence-corrected chi connectivity index (χ4v) is 3.82. The van der Waals surface area contributed by atoms with Crippen LogP contribution in [0, 0.1) is 5.92 Å². The molecule has 0 saturated heterocycles. The molecule has 1 aliphatic carbocycles. The van der Waals surface area contributed by atoms with Gasteiger partial charge in [0.2, 0.25) is 0 Å². The van der Waals surface area contributed by atoms with Gasteiger partial charge in [-0.1, -0.05) is 13.8 Å². The summed E-state index contributed by atoms with van der Waals surface area (Å²) in [5.41, 5.74) is 2.34. The van der Waals surface area contributed by atoms with Crippen molar-refractivity contribution in [1.82, 2.24) is 29.9 Å². The second kappa shape index (κ2) is 9.80. The van der Waals surface area contributed by atoms with Crippen LogP contribution in [-0.4, -0.2) is 54.5 Å². The topological polar surface area (TPSA) is 127 Å². The zero-order valence-electron chi connectivity index (χ0n) is 18.4. The van der Waals surface area contributed by atoms with E-state index in [-0.39, 0.29) is 12.1 Å². The summed E-state index contributed by atoms with van der Waals surface area (Å²) in [5.74, 6) is 1.32. The predicted octanol–water partition coefficient (Wildman–Crippen LogP) is 3.60. The highest BCUT2D eigenvalue weighted by Gasteiger charge is 2.22. The maximum Gasteiger partial charge on any atom is 0.404 e. The molecule has 0 unspecified atom stereocenters. The molecular formula is C22H29N7O3. The Hall–Kier alpha value is -3.43. The highest BCUT2D eigenvalue weighted by molar-refractivity contribution is 5.65. The first-order chi connectivity index (χ1) is 15.5. The van der Waals surface area contributed by atoms with Gasteiger partial charge in [0.05, 0.1) is 18.5 Å². The first kappa shape index (κ1) is 21.8. The van der Waals surface area contributed by atoms with Crippen molar-refractivity contribution in [2.24, 2.45) is 5.92 Å². The van der Waals surface area contributed by atoms with E-state index in [0.29, 0.717) is 18.5 Å². The Bertz CT molecular complexity index is 1040. The molecule has 3 aromatic heterocycles. The minimum absolute atomic E-state index is 0.0264. The van der Waals surface area contributed by atoms with Gasteiger partial charge in [0.1, 0.15) is 5.82 Å². The van der Waals surface area contributed by atoms with Gasteiger partial charge in [0, 0.05) is 30.0 Å². The number of nitrogens with one attached hydrogen (secondary N) is 2. The van der Waals surface area contributed by atoms with Gasteiger partial charge in [-0.2, -0.15) is 0 Å². The van der Waals surface area contributed by atoms with Crippen LogP contribution in [0.25, 0.3) is 16.9 Å². The minimum atomic E-state index is -0.958. The summed E-state index contributed by atoms with van der Waals surface area (Å²) in [5, 5.41) is 19.6. The minimum Gasteiger partial charge on any atom is -0.465 e. The molecule has 1 fully saturated rings. The lowest BCUT2D eigenvalue weighted by molar-refractivity contribution is 0.185. The highest BCUT2D eigenvalue weighted by atomic mass is 16.5. The van der Waals surface area contributed by atoms with Crippen molar-refractivity contribution >= 4 is 17.6 Å². The number of fused-ring (bicyclic) bond motifs is 1. The molecule has 3 heterocycles. The number of ether oxygens (including phenoxy) is 1. The van der Waals surface area contributed by atoms with Crippen LogP contribution in [0.5, 0.6) is 6.01 Å². The monoisotopic (exact) mass is 439 g/mol. The summed E-state index contributed by atoms with van der Waals surface area (Å²) in [4.78, 5) is 23.9. The molecule has 1 amide bonds. The van der Waals surface area contributed by atoms with E-state index < -0.39 is 6.09 Å². The molecule has 32 heavy (non-hydrogen) atoms. The van der Waals surface area contributed by atoms with Crippen molar-refractivity contribution in [1.29, 1.82) is 0 Å². The Kier molecular flexibility index (Phi) is 6.67. The second-order valence-electron chi connectivity index (χ2n) is 8.56. The van der Waals surface area contributed by atoms with Crippen LogP contribution in [0.2, 0.25) is 0 Å². The number of anilines is 1. The fraction of sp³-hybridized carbons (Fsp3) is 0.500. The summed E-state index contributed by atoms with van der Waals surface area (Å²) in [6.45, 7) is 4.89. The van der Waals surface area contributed by atoms with Gasteiger partial charge in [0.15, 0.2) is 5.65 Å². The Balaban J connectivity index is 1.42. The molecule has 0 spiro atoms. The van der Waals surface area contributed by atoms with Gasteiger partial charge in [0.25, 0.3) is 0 Å². The van der Waals surface area contributed by atoms with Gasteiger partial charge in [-0.05, 0) is 50.2 Å². The molecule has 0 atom stereocenters. The molecule has 3 aromatic rings. The lowest BCUT2D eigenvalue weighted by Crippen LogP contribution is -2.39. The second-order valence-corrected chi connectivity index (χ2v) is 8.56. The normalized spacial score (nSPS) is 18.6. The summed E-state index contributed by atoms with van der Waals surface area (Å²) in [7, 11) is 0. The standard InChI is InChI=1S/C22H29N7O3/c1-14(2)9-10-32-21-24-11-15(12-25-21)18-13-23-20-8-7-19(28-29(18)20)26-16-3-5-17(6-4-16)27-22(30)31/h7-8,11-14,16-17,27H,3-6,9-10H2,1-2H3,(H,26,28)(H,30,31). The van der Waals surface area contributed by atoms with Crippen molar-refractivity contribution in [2.45, 2.75) is 58.0 Å². The van der Waals surface area contributed by atoms with Crippen molar-refractivity contribution < 1.29 is 14.6 Å². The van der Waals surface area contributed by atoms with Crippen molar-refractivity contribution in [3.63, 3.8) is 0 Å². The van der Waals surface area contributed by atoms with E-state index in [2.05, 4.69) is 39.4 Å². The molecule has 1 saturated carbocycles. The summed E-state index contributed by atoms with van der Waals surface area (Å²) >= 11 is 0. The maximum absolute atomic E-state index is 10.8. The van der Waals surface area contributed by atoms with Gasteiger partial charge in [-0.15, -0.1) is 5.10 Å². The van der Waals surface area contributed by atoms with E-state index in [1.807, 2.05) is 12.1 Å². The zero-order chi connectivity index (χ0) is 22.5. The van der Waals surface area contributed by atoms with E-state index in [4.69, 9.17) is 14.9 Å². The number of rotatable bonds is 8. The molecular weight excluding hydrogens is 410 g/mol. The van der Waals surface area contributed by atoms with Crippen LogP contribution in [-0.2, 0) is 0 Å². The third-order valence-electron chi connectivity index (χ3n) is 5.62. The van der Waals surface area contributed by atoms with Gasteiger partial charge in [-0.25, -0.2) is 24.3 Å². The highest BCUT2D eigenvalue weighted by Crippen LogP contribution is 2.24. The summed E-state index contributed by atoms with van der Waals surface area (Å²) in [6, 6.07) is 4.48. The van der Waals surface area contributed by atoms with Crippen LogP contribution in [0.1, 0.15) is 46.0 Å². The Morgan fingerprint density at radius 2 is 1.84 bits per heavy atom. The smallest absolute Gasteiger partial charge is 0.404 e. The lowest BCUT2D eigenvalue weighted by atomic mass is 9.91. The van der Waals surface area contributed by atoms with Crippen LogP contribution >= 0.6 is 0 Å². The van der Waals surface area contributed by atoms with Crippen LogP contribution in [0.15, 0.2) is 30.7 Å². The van der Waals surface area contributed by atoms with E-state index in [1.165, 1.54) is 0 Å². The maximum atomic E-state index is 10.8. The molecule has 0 radical (unpaired) electrons. The van der Waals surface area contributed by atoms with Gasteiger partial charge < -0.3 is 20.5 Å². The van der Waals surface area contributed by atoms with Crippen molar-refractivity contribution in [3.8, 4) is 17.3 Å². The predicted molar refractivity (Wildman–Crippen MR) is 120 cm³/mol. The number of carbonyl (C=O) groups is 1. The molecule has 170 valence electrons. The molecule has 0 aromatic carbocycles. The first-order valence-electron chi connectivity index (χ1n) is 11.0. The summed E-state index contributed by atoms with van der Waals surface area (Å²) < 4.78 is 7.38. The zero-order valence-corrected chi connectivity index (χ0v) is 18.4. The first-order valence-corrected chi connectivity index (χ1v) is 11.0. The van der Waals surface area contributed by atoms with E-state index >= 15 is 0 Å². The quantitative estimate of drug-likeness (QED) is 0.486. The van der Waals surface area contributed by atoms with Crippen LogP contribution in [0.3, 0.4) is 0 Å². The van der Waals surface area contributed by atoms with E-state index in [9.17, 15) is 4.79 Å². The number of carboxylic acid groups (broad SMARTS) is 1. The molecule has 10 nitrogen and oxygen atoms in total. The Labute approximate surface area is 186 Å². The molecule has 0 bridgehead atoms.